The lowest BCUT2D eigenvalue weighted by atomic mass is 10.4. The molecule has 0 radical (unpaired) electrons. The van der Waals surface area contributed by atoms with Crippen LogP contribution in [0.5, 0.6) is 0 Å². The molecule has 9 heteroatoms. The minimum absolute atomic E-state index is 0.399. The summed E-state index contributed by atoms with van der Waals surface area (Å²) in [5.41, 5.74) is 2.54. The van der Waals surface area contributed by atoms with Crippen molar-refractivity contribution in [1.29, 1.82) is 0 Å². The number of fused-ring (bicyclic) bond motifs is 2. The maximum absolute atomic E-state index is 10.5. The molecule has 0 spiro atoms. The molecule has 4 aromatic rings. The van der Waals surface area contributed by atoms with Crippen LogP contribution < -0.4 is 10.6 Å². The Morgan fingerprint density at radius 1 is 1.19 bits per heavy atom. The molecule has 26 heavy (non-hydrogen) atoms. The largest absolute Gasteiger partial charge is 0.465 e. The minimum Gasteiger partial charge on any atom is -0.465 e. The van der Waals surface area contributed by atoms with E-state index in [1.54, 1.807) is 12.4 Å². The Bertz CT molecular complexity index is 1070. The molecular weight excluding hydrogens is 334 g/mol. The summed E-state index contributed by atoms with van der Waals surface area (Å²) in [5.74, 6) is 0.501. The van der Waals surface area contributed by atoms with Gasteiger partial charge in [0.1, 0.15) is 11.3 Å². The molecule has 0 aliphatic carbocycles. The zero-order chi connectivity index (χ0) is 17.9. The molecule has 4 aromatic heterocycles. The van der Waals surface area contributed by atoms with E-state index in [0.717, 1.165) is 22.4 Å². The van der Waals surface area contributed by atoms with E-state index in [1.807, 2.05) is 45.8 Å². The summed E-state index contributed by atoms with van der Waals surface area (Å²) >= 11 is 0. The lowest BCUT2D eigenvalue weighted by Crippen LogP contribution is -2.22. The molecular formula is C17H17N7O2. The number of anilines is 2. The second-order valence-electron chi connectivity index (χ2n) is 5.80. The van der Waals surface area contributed by atoms with Gasteiger partial charge in [0.15, 0.2) is 0 Å². The van der Waals surface area contributed by atoms with Crippen LogP contribution in [0, 0.1) is 0 Å². The van der Waals surface area contributed by atoms with Gasteiger partial charge in [-0.15, -0.1) is 0 Å². The number of nitrogens with one attached hydrogen (secondary N) is 2. The molecule has 1 amide bonds. The summed E-state index contributed by atoms with van der Waals surface area (Å²) in [6.07, 6.45) is 8.92. The van der Waals surface area contributed by atoms with Crippen LogP contribution in [0.1, 0.15) is 6.42 Å². The Kier molecular flexibility index (Phi) is 4.10. The van der Waals surface area contributed by atoms with Gasteiger partial charge in [-0.3, -0.25) is 0 Å². The fraction of sp³-hybridized carbons (Fsp3) is 0.176. The van der Waals surface area contributed by atoms with E-state index < -0.39 is 6.09 Å². The average Bonchev–Trinajstić information content (AvgIpc) is 3.25. The van der Waals surface area contributed by atoms with Gasteiger partial charge < -0.3 is 24.7 Å². The molecule has 0 fully saturated rings. The van der Waals surface area contributed by atoms with Crippen molar-refractivity contribution in [3.63, 3.8) is 0 Å². The third kappa shape index (κ3) is 3.27. The van der Waals surface area contributed by atoms with Gasteiger partial charge in [-0.05, 0) is 24.6 Å². The van der Waals surface area contributed by atoms with Crippen LogP contribution in [0.2, 0.25) is 0 Å². The topological polar surface area (TPSA) is 109 Å². The van der Waals surface area contributed by atoms with Crippen molar-refractivity contribution in [2.75, 3.05) is 11.9 Å². The highest BCUT2D eigenvalue weighted by Gasteiger charge is 2.06. The maximum atomic E-state index is 10.5. The Balaban J connectivity index is 1.52. The van der Waals surface area contributed by atoms with Gasteiger partial charge in [0.2, 0.25) is 5.95 Å². The second-order valence-corrected chi connectivity index (χ2v) is 5.80. The van der Waals surface area contributed by atoms with Crippen LogP contribution in [0.3, 0.4) is 0 Å². The van der Waals surface area contributed by atoms with E-state index in [4.69, 9.17) is 5.11 Å². The lowest BCUT2D eigenvalue weighted by Gasteiger charge is -2.08. The molecule has 4 rings (SSSR count). The van der Waals surface area contributed by atoms with Crippen molar-refractivity contribution in [1.82, 2.24) is 29.2 Å². The molecule has 0 bridgehead atoms. The molecule has 0 aromatic carbocycles. The number of nitrogens with zero attached hydrogens (tertiary/aromatic N) is 5. The van der Waals surface area contributed by atoms with Crippen LogP contribution in [-0.2, 0) is 6.54 Å². The Hall–Kier alpha value is -3.62. The van der Waals surface area contributed by atoms with Crippen molar-refractivity contribution in [3.05, 3.63) is 49.2 Å². The smallest absolute Gasteiger partial charge is 0.404 e. The summed E-state index contributed by atoms with van der Waals surface area (Å²) in [6, 6.07) is 5.78. The summed E-state index contributed by atoms with van der Waals surface area (Å²) in [6.45, 7) is 1.07. The number of imidazole rings is 1. The van der Waals surface area contributed by atoms with E-state index in [-0.39, 0.29) is 0 Å². The molecule has 0 saturated heterocycles. The maximum Gasteiger partial charge on any atom is 0.404 e. The minimum atomic E-state index is -1.01. The number of hydrogen-bond donors (Lipinski definition) is 3. The third-order valence-electron chi connectivity index (χ3n) is 4.00. The van der Waals surface area contributed by atoms with Crippen molar-refractivity contribution >= 4 is 34.4 Å². The molecule has 3 N–H and O–H groups in total. The number of rotatable bonds is 6. The standard InChI is InChI=1S/C17H17N7O2/c25-17(26)19-5-1-7-23-8-4-12-10-20-16(22-15(12)23)21-13-2-3-14-18-6-9-24(14)11-13/h2-4,6,8-11,19H,1,5,7H2,(H,25,26)(H,20,21,22). The quantitative estimate of drug-likeness (QED) is 0.460. The fourth-order valence-corrected chi connectivity index (χ4v) is 2.78. The molecule has 9 nitrogen and oxygen atoms in total. The molecule has 0 unspecified atom stereocenters. The number of aromatic nitrogens is 5. The monoisotopic (exact) mass is 351 g/mol. The first-order valence-corrected chi connectivity index (χ1v) is 8.17. The zero-order valence-corrected chi connectivity index (χ0v) is 13.8. The highest BCUT2D eigenvalue weighted by molar-refractivity contribution is 5.76. The van der Waals surface area contributed by atoms with Gasteiger partial charge in [0.25, 0.3) is 0 Å². The molecule has 132 valence electrons. The van der Waals surface area contributed by atoms with Crippen molar-refractivity contribution in [3.8, 4) is 0 Å². The number of hydrogen-bond acceptors (Lipinski definition) is 5. The van der Waals surface area contributed by atoms with Gasteiger partial charge in [0.05, 0.1) is 5.69 Å². The van der Waals surface area contributed by atoms with Crippen LogP contribution in [0.25, 0.3) is 16.7 Å². The Labute approximate surface area is 148 Å². The second kappa shape index (κ2) is 6.71. The number of carbonyl (C=O) groups is 1. The Morgan fingerprint density at radius 3 is 3.00 bits per heavy atom. The first kappa shape index (κ1) is 15.9. The van der Waals surface area contributed by atoms with Gasteiger partial charge in [0, 0.05) is 49.5 Å². The third-order valence-corrected chi connectivity index (χ3v) is 4.00. The van der Waals surface area contributed by atoms with Gasteiger partial charge in [-0.1, -0.05) is 0 Å². The molecule has 0 saturated carbocycles. The zero-order valence-electron chi connectivity index (χ0n) is 13.8. The van der Waals surface area contributed by atoms with E-state index >= 15 is 0 Å². The van der Waals surface area contributed by atoms with Gasteiger partial charge >= 0.3 is 6.09 Å². The van der Waals surface area contributed by atoms with Crippen LogP contribution >= 0.6 is 0 Å². The van der Waals surface area contributed by atoms with E-state index in [1.165, 1.54) is 0 Å². The highest BCUT2D eigenvalue weighted by atomic mass is 16.4. The van der Waals surface area contributed by atoms with Gasteiger partial charge in [-0.2, -0.15) is 4.98 Å². The van der Waals surface area contributed by atoms with Crippen molar-refractivity contribution in [2.24, 2.45) is 0 Å². The van der Waals surface area contributed by atoms with Crippen LogP contribution in [0.15, 0.2) is 49.2 Å². The van der Waals surface area contributed by atoms with E-state index in [2.05, 4.69) is 25.6 Å². The summed E-state index contributed by atoms with van der Waals surface area (Å²) in [4.78, 5) is 23.7. The van der Waals surface area contributed by atoms with Crippen LogP contribution in [0.4, 0.5) is 16.4 Å². The highest BCUT2D eigenvalue weighted by Crippen LogP contribution is 2.18. The van der Waals surface area contributed by atoms with E-state index in [9.17, 15) is 4.79 Å². The normalized spacial score (nSPS) is 11.1. The first-order chi connectivity index (χ1) is 12.7. The molecule has 0 aliphatic rings. The number of carboxylic acid groups (broad SMARTS) is 1. The average molecular weight is 351 g/mol. The SMILES string of the molecule is O=C(O)NCCCn1ccc2cnc(Nc3ccc4nccn4c3)nc21. The predicted molar refractivity (Wildman–Crippen MR) is 96.6 cm³/mol. The summed E-state index contributed by atoms with van der Waals surface area (Å²) in [5, 5.41) is 15.1. The first-order valence-electron chi connectivity index (χ1n) is 8.17. The number of pyridine rings is 1. The number of amides is 1. The summed E-state index contributed by atoms with van der Waals surface area (Å²) in [7, 11) is 0. The fourth-order valence-electron chi connectivity index (χ4n) is 2.78. The number of aryl methyl sites for hydroxylation is 1. The summed E-state index contributed by atoms with van der Waals surface area (Å²) < 4.78 is 3.91. The molecule has 0 atom stereocenters. The van der Waals surface area contributed by atoms with E-state index in [0.29, 0.717) is 25.5 Å². The molecule has 4 heterocycles. The predicted octanol–water partition coefficient (Wildman–Crippen LogP) is 2.48. The van der Waals surface area contributed by atoms with Crippen LogP contribution in [-0.4, -0.2) is 41.7 Å². The molecule has 0 aliphatic heterocycles. The lowest BCUT2D eigenvalue weighted by molar-refractivity contribution is 0.194. The Morgan fingerprint density at radius 2 is 2.12 bits per heavy atom. The van der Waals surface area contributed by atoms with Gasteiger partial charge in [-0.25, -0.2) is 14.8 Å². The van der Waals surface area contributed by atoms with Crippen molar-refractivity contribution in [2.45, 2.75) is 13.0 Å². The van der Waals surface area contributed by atoms with Crippen molar-refractivity contribution < 1.29 is 9.90 Å².